The fourth-order valence-corrected chi connectivity index (χ4v) is 4.85. The molecule has 186 valence electrons. The van der Waals surface area contributed by atoms with Crippen molar-refractivity contribution in [2.45, 2.75) is 19.0 Å². The maximum absolute atomic E-state index is 13.3. The van der Waals surface area contributed by atoms with Gasteiger partial charge in [0.25, 0.3) is 0 Å². The summed E-state index contributed by atoms with van der Waals surface area (Å²) in [6.07, 6.45) is -3.30. The number of benzene rings is 1. The lowest BCUT2D eigenvalue weighted by atomic mass is 9.78. The van der Waals surface area contributed by atoms with E-state index in [9.17, 15) is 22.8 Å². The molecule has 11 heteroatoms. The zero-order valence-electron chi connectivity index (χ0n) is 19.0. The maximum Gasteiger partial charge on any atom is 0.417 e. The number of methoxy groups -OCH3 is 1. The number of alkyl halides is 3. The molecule has 2 aliphatic rings. The molecule has 2 heterocycles. The number of ether oxygens (including phenoxy) is 2. The first kappa shape index (κ1) is 25.8. The molecule has 3 rings (SSSR count). The lowest BCUT2D eigenvalue weighted by molar-refractivity contribution is -0.138. The molecule has 2 fully saturated rings. The third kappa shape index (κ3) is 5.98. The molecule has 8 nitrogen and oxygen atoms in total. The molecule has 0 radical (unpaired) electrons. The van der Waals surface area contributed by atoms with Crippen LogP contribution in [-0.4, -0.2) is 69.8 Å². The van der Waals surface area contributed by atoms with Crippen molar-refractivity contribution in [1.29, 1.82) is 5.26 Å². The van der Waals surface area contributed by atoms with E-state index < -0.39 is 29.1 Å². The molecule has 0 saturated carbocycles. The molecular formula is C23H29F3N4O4. The Kier molecular flexibility index (Phi) is 8.38. The van der Waals surface area contributed by atoms with Gasteiger partial charge in [0.15, 0.2) is 0 Å². The van der Waals surface area contributed by atoms with Gasteiger partial charge in [-0.15, -0.1) is 0 Å². The van der Waals surface area contributed by atoms with E-state index in [-0.39, 0.29) is 30.9 Å². The zero-order chi connectivity index (χ0) is 24.9. The lowest BCUT2D eigenvalue weighted by Crippen LogP contribution is -2.40. The number of rotatable bonds is 8. The van der Waals surface area contributed by atoms with Gasteiger partial charge in [-0.1, -0.05) is 0 Å². The van der Waals surface area contributed by atoms with Crippen molar-refractivity contribution in [3.63, 3.8) is 0 Å². The maximum atomic E-state index is 13.3. The molecule has 0 aromatic heterocycles. The van der Waals surface area contributed by atoms with Crippen molar-refractivity contribution in [1.82, 2.24) is 4.90 Å². The van der Waals surface area contributed by atoms with Crippen LogP contribution in [0.3, 0.4) is 0 Å². The van der Waals surface area contributed by atoms with E-state index in [0.717, 1.165) is 6.07 Å². The second-order valence-electron chi connectivity index (χ2n) is 8.68. The number of anilines is 1. The molecule has 2 N–H and O–H groups in total. The summed E-state index contributed by atoms with van der Waals surface area (Å²) in [4.78, 5) is 28.0. The van der Waals surface area contributed by atoms with E-state index in [1.807, 2.05) is 4.90 Å². The molecule has 1 aromatic carbocycles. The standard InChI is InChI=1S/C23H29F3N4O4/c1-33-8-9-34-14-21(31)30-12-18(19(13-30)22(28)32)15-4-6-29(7-5-15)17-3-2-16(11-27)20(10-17)23(24,25)26/h2-3,10,15,18-19H,4-9,12-14H2,1H3,(H2,28,32)/t18-,19+/m0/s1. The second-order valence-corrected chi connectivity index (χ2v) is 8.68. The Hall–Kier alpha value is -2.84. The van der Waals surface area contributed by atoms with Gasteiger partial charge in [0.1, 0.15) is 6.61 Å². The zero-order valence-corrected chi connectivity index (χ0v) is 19.0. The highest BCUT2D eigenvalue weighted by atomic mass is 19.4. The number of carbonyl (C=O) groups excluding carboxylic acids is 2. The highest BCUT2D eigenvalue weighted by molar-refractivity contribution is 5.82. The highest BCUT2D eigenvalue weighted by Gasteiger charge is 2.43. The molecule has 2 aliphatic heterocycles. The summed E-state index contributed by atoms with van der Waals surface area (Å²) in [7, 11) is 1.54. The number of likely N-dealkylation sites (tertiary alicyclic amines) is 1. The van der Waals surface area contributed by atoms with Crippen LogP contribution in [0.25, 0.3) is 0 Å². The Morgan fingerprint density at radius 1 is 1.21 bits per heavy atom. The summed E-state index contributed by atoms with van der Waals surface area (Å²) in [6, 6.07) is 5.34. The predicted octanol–water partition coefficient (Wildman–Crippen LogP) is 2.02. The molecule has 2 amide bonds. The van der Waals surface area contributed by atoms with Gasteiger partial charge in [-0.05, 0) is 42.9 Å². The van der Waals surface area contributed by atoms with Crippen LogP contribution in [0.2, 0.25) is 0 Å². The number of amides is 2. The van der Waals surface area contributed by atoms with Crippen LogP contribution in [-0.2, 0) is 25.2 Å². The van der Waals surface area contributed by atoms with Gasteiger partial charge in [0.05, 0.1) is 36.3 Å². The van der Waals surface area contributed by atoms with E-state index in [1.54, 1.807) is 11.0 Å². The smallest absolute Gasteiger partial charge is 0.382 e. The Morgan fingerprint density at radius 2 is 1.91 bits per heavy atom. The fourth-order valence-electron chi connectivity index (χ4n) is 4.85. The normalized spacial score (nSPS) is 21.5. The van der Waals surface area contributed by atoms with Gasteiger partial charge in [-0.25, -0.2) is 0 Å². The summed E-state index contributed by atoms with van der Waals surface area (Å²) >= 11 is 0. The minimum atomic E-state index is -4.61. The molecule has 34 heavy (non-hydrogen) atoms. The quantitative estimate of drug-likeness (QED) is 0.568. The Balaban J connectivity index is 1.63. The van der Waals surface area contributed by atoms with Crippen LogP contribution in [0.4, 0.5) is 18.9 Å². The first-order valence-corrected chi connectivity index (χ1v) is 11.2. The van der Waals surface area contributed by atoms with E-state index in [1.165, 1.54) is 19.2 Å². The Morgan fingerprint density at radius 3 is 2.50 bits per heavy atom. The Bertz CT molecular complexity index is 926. The number of nitrogens with two attached hydrogens (primary N) is 1. The monoisotopic (exact) mass is 482 g/mol. The van der Waals surface area contributed by atoms with Crippen LogP contribution in [0.5, 0.6) is 0 Å². The van der Waals surface area contributed by atoms with Crippen molar-refractivity contribution < 1.29 is 32.2 Å². The van der Waals surface area contributed by atoms with Crippen LogP contribution >= 0.6 is 0 Å². The van der Waals surface area contributed by atoms with E-state index >= 15 is 0 Å². The van der Waals surface area contributed by atoms with Crippen molar-refractivity contribution in [2.75, 3.05) is 58.0 Å². The number of halogens is 3. The summed E-state index contributed by atoms with van der Waals surface area (Å²) in [5, 5.41) is 9.00. The SMILES string of the molecule is COCCOCC(=O)N1C[C@@H](C(N)=O)[C@H](C2CCN(c3ccc(C#N)c(C(F)(F)F)c3)CC2)C1. The molecule has 0 spiro atoms. The van der Waals surface area contributed by atoms with Gasteiger partial charge >= 0.3 is 6.18 Å². The van der Waals surface area contributed by atoms with Crippen LogP contribution in [0.1, 0.15) is 24.0 Å². The average Bonchev–Trinajstić information content (AvgIpc) is 3.27. The summed E-state index contributed by atoms with van der Waals surface area (Å²) < 4.78 is 50.2. The number of hydrogen-bond acceptors (Lipinski definition) is 6. The number of nitriles is 1. The van der Waals surface area contributed by atoms with Crippen LogP contribution in [0.15, 0.2) is 18.2 Å². The number of nitrogens with zero attached hydrogens (tertiary/aromatic N) is 3. The number of carbonyl (C=O) groups is 2. The average molecular weight is 483 g/mol. The van der Waals surface area contributed by atoms with Gasteiger partial charge < -0.3 is 25.0 Å². The van der Waals surface area contributed by atoms with E-state index in [4.69, 9.17) is 20.5 Å². The second kappa shape index (κ2) is 11.1. The molecule has 0 aliphatic carbocycles. The third-order valence-electron chi connectivity index (χ3n) is 6.68. The number of hydrogen-bond donors (Lipinski definition) is 1. The van der Waals surface area contributed by atoms with E-state index in [2.05, 4.69) is 0 Å². The van der Waals surface area contributed by atoms with Crippen molar-refractivity contribution in [2.24, 2.45) is 23.5 Å². The van der Waals surface area contributed by atoms with Crippen molar-refractivity contribution in [3.8, 4) is 6.07 Å². The molecule has 0 unspecified atom stereocenters. The first-order chi connectivity index (χ1) is 16.2. The predicted molar refractivity (Wildman–Crippen MR) is 117 cm³/mol. The van der Waals surface area contributed by atoms with Crippen molar-refractivity contribution in [3.05, 3.63) is 29.3 Å². The highest BCUT2D eigenvalue weighted by Crippen LogP contribution is 2.38. The summed E-state index contributed by atoms with van der Waals surface area (Å²) in [6.45, 7) is 2.23. The lowest BCUT2D eigenvalue weighted by Gasteiger charge is -2.37. The summed E-state index contributed by atoms with van der Waals surface area (Å²) in [5.74, 6) is -1.12. The minimum Gasteiger partial charge on any atom is -0.382 e. The van der Waals surface area contributed by atoms with Gasteiger partial charge in [0, 0.05) is 39.0 Å². The van der Waals surface area contributed by atoms with Gasteiger partial charge in [0.2, 0.25) is 11.8 Å². The summed E-state index contributed by atoms with van der Waals surface area (Å²) in [5.41, 5.74) is 4.69. The largest absolute Gasteiger partial charge is 0.417 e. The van der Waals surface area contributed by atoms with Crippen LogP contribution < -0.4 is 10.6 Å². The van der Waals surface area contributed by atoms with Crippen LogP contribution in [0, 0.1) is 29.1 Å². The first-order valence-electron chi connectivity index (χ1n) is 11.2. The molecule has 2 atom stereocenters. The van der Waals surface area contributed by atoms with Gasteiger partial charge in [-0.3, -0.25) is 9.59 Å². The molecule has 0 bridgehead atoms. The van der Waals surface area contributed by atoms with E-state index in [0.29, 0.717) is 51.4 Å². The molecular weight excluding hydrogens is 453 g/mol. The number of primary amides is 1. The molecule has 1 aromatic rings. The van der Waals surface area contributed by atoms with Gasteiger partial charge in [-0.2, -0.15) is 18.4 Å². The number of piperidine rings is 1. The third-order valence-corrected chi connectivity index (χ3v) is 6.68. The Labute approximate surface area is 196 Å². The molecule has 2 saturated heterocycles. The fraction of sp³-hybridized carbons (Fsp3) is 0.609. The topological polar surface area (TPSA) is 109 Å². The van der Waals surface area contributed by atoms with Crippen molar-refractivity contribution >= 4 is 17.5 Å². The minimum absolute atomic E-state index is 0.0970.